The molecule has 2 atom stereocenters. The number of aliphatic hydroxyl groups excluding tert-OH is 1. The van der Waals surface area contributed by atoms with Crippen molar-refractivity contribution in [2.75, 3.05) is 32.8 Å². The van der Waals surface area contributed by atoms with Crippen LogP contribution in [0.15, 0.2) is 55.0 Å². The molecule has 0 bridgehead atoms. The SMILES string of the molecule is O=C1CCCN1CCOc1cccc(C(=O)N2C[C@H](Cc3cn4cccc4cn3)[C@H](O)C2)c1. The molecule has 8 heteroatoms. The molecule has 0 radical (unpaired) electrons. The van der Waals surface area contributed by atoms with Crippen LogP contribution >= 0.6 is 0 Å². The third kappa shape index (κ3) is 4.71. The van der Waals surface area contributed by atoms with Crippen LogP contribution in [0, 0.1) is 5.92 Å². The van der Waals surface area contributed by atoms with Gasteiger partial charge in [-0.25, -0.2) is 0 Å². The Bertz CT molecular complexity index is 1160. The fraction of sp³-hybridized carbons (Fsp3) is 0.400. The first-order valence-electron chi connectivity index (χ1n) is 11.5. The van der Waals surface area contributed by atoms with Crippen molar-refractivity contribution in [1.29, 1.82) is 0 Å². The zero-order valence-electron chi connectivity index (χ0n) is 18.5. The van der Waals surface area contributed by atoms with Gasteiger partial charge in [0.2, 0.25) is 5.91 Å². The second-order valence-electron chi connectivity index (χ2n) is 8.82. The van der Waals surface area contributed by atoms with E-state index in [0.29, 0.717) is 50.4 Å². The van der Waals surface area contributed by atoms with Gasteiger partial charge in [0.05, 0.1) is 30.1 Å². The van der Waals surface area contributed by atoms with Gasteiger partial charge in [0.25, 0.3) is 5.91 Å². The minimum absolute atomic E-state index is 0.0631. The molecule has 2 amide bonds. The summed E-state index contributed by atoms with van der Waals surface area (Å²) in [5, 5.41) is 10.6. The lowest BCUT2D eigenvalue weighted by atomic mass is 10.0. The summed E-state index contributed by atoms with van der Waals surface area (Å²) in [5.74, 6) is 0.596. The Morgan fingerprint density at radius 2 is 2.12 bits per heavy atom. The molecule has 0 spiro atoms. The van der Waals surface area contributed by atoms with Crippen molar-refractivity contribution >= 4 is 17.3 Å². The van der Waals surface area contributed by atoms with Gasteiger partial charge >= 0.3 is 0 Å². The van der Waals surface area contributed by atoms with Crippen LogP contribution in [0.2, 0.25) is 0 Å². The zero-order valence-corrected chi connectivity index (χ0v) is 18.5. The molecular formula is C25H28N4O4. The number of hydrogen-bond acceptors (Lipinski definition) is 5. The number of ether oxygens (including phenoxy) is 1. The highest BCUT2D eigenvalue weighted by Crippen LogP contribution is 2.24. The number of hydrogen-bond donors (Lipinski definition) is 1. The minimum atomic E-state index is -0.589. The summed E-state index contributed by atoms with van der Waals surface area (Å²) in [4.78, 5) is 32.8. The van der Waals surface area contributed by atoms with Gasteiger partial charge in [-0.3, -0.25) is 14.6 Å². The lowest BCUT2D eigenvalue weighted by Crippen LogP contribution is -2.30. The molecule has 8 nitrogen and oxygen atoms in total. The second kappa shape index (κ2) is 9.23. The number of β-amino-alcohol motifs (C(OH)–C–C–N with tert-alkyl or cyclic N) is 1. The molecule has 2 fully saturated rings. The van der Waals surface area contributed by atoms with Gasteiger partial charge in [0, 0.05) is 49.9 Å². The largest absolute Gasteiger partial charge is 0.492 e. The van der Waals surface area contributed by atoms with E-state index in [2.05, 4.69) is 4.98 Å². The van der Waals surface area contributed by atoms with Crippen LogP contribution in [0.3, 0.4) is 0 Å². The lowest BCUT2D eigenvalue weighted by Gasteiger charge is -2.18. The molecule has 2 aliphatic heterocycles. The molecule has 172 valence electrons. The standard InChI is InChI=1S/C25H28N4O4/c30-23-17-29(15-19(23)12-20-16-28-9-2-5-21(28)14-26-20)25(32)18-4-1-6-22(13-18)33-11-10-27-8-3-7-24(27)31/h1-2,4-6,9,13-14,16,19,23,30H,3,7-8,10-12,15,17H2/t19-,23+/m0/s1. The summed E-state index contributed by atoms with van der Waals surface area (Å²) < 4.78 is 7.81. The smallest absolute Gasteiger partial charge is 0.254 e. The van der Waals surface area contributed by atoms with E-state index in [0.717, 1.165) is 24.2 Å². The Balaban J connectivity index is 1.18. The third-order valence-corrected chi connectivity index (χ3v) is 6.51. The van der Waals surface area contributed by atoms with E-state index in [4.69, 9.17) is 4.74 Å². The monoisotopic (exact) mass is 448 g/mol. The van der Waals surface area contributed by atoms with Crippen molar-refractivity contribution in [3.63, 3.8) is 0 Å². The van der Waals surface area contributed by atoms with Crippen LogP contribution in [0.25, 0.3) is 5.52 Å². The molecule has 0 saturated carbocycles. The van der Waals surface area contributed by atoms with Gasteiger partial charge in [0.15, 0.2) is 0 Å². The molecule has 0 unspecified atom stereocenters. The number of benzene rings is 1. The fourth-order valence-corrected chi connectivity index (χ4v) is 4.69. The minimum Gasteiger partial charge on any atom is -0.492 e. The number of amides is 2. The number of likely N-dealkylation sites (tertiary alicyclic amines) is 2. The Hall–Kier alpha value is -3.39. The first-order valence-corrected chi connectivity index (χ1v) is 11.5. The van der Waals surface area contributed by atoms with Crippen molar-refractivity contribution in [3.05, 3.63) is 66.2 Å². The molecule has 2 aromatic heterocycles. The van der Waals surface area contributed by atoms with E-state index in [1.54, 1.807) is 23.1 Å². The maximum atomic E-state index is 13.1. The molecule has 33 heavy (non-hydrogen) atoms. The first-order chi connectivity index (χ1) is 16.1. The quantitative estimate of drug-likeness (QED) is 0.598. The molecule has 2 aliphatic rings. The van der Waals surface area contributed by atoms with Gasteiger partial charge in [-0.15, -0.1) is 0 Å². The highest BCUT2D eigenvalue weighted by molar-refractivity contribution is 5.94. The topological polar surface area (TPSA) is 87.4 Å². The van der Waals surface area contributed by atoms with E-state index in [-0.39, 0.29) is 17.7 Å². The van der Waals surface area contributed by atoms with Crippen molar-refractivity contribution in [2.45, 2.75) is 25.4 Å². The Kier molecular flexibility index (Phi) is 6.00. The number of fused-ring (bicyclic) bond motifs is 1. The number of rotatable bonds is 7. The van der Waals surface area contributed by atoms with Crippen LogP contribution in [-0.4, -0.2) is 75.0 Å². The highest BCUT2D eigenvalue weighted by Gasteiger charge is 2.34. The number of carbonyl (C=O) groups excluding carboxylic acids is 2. The van der Waals surface area contributed by atoms with Crippen LogP contribution < -0.4 is 4.74 Å². The average molecular weight is 449 g/mol. The Labute approximate surface area is 192 Å². The first kappa shape index (κ1) is 21.5. The number of nitrogens with zero attached hydrogens (tertiary/aromatic N) is 4. The van der Waals surface area contributed by atoms with E-state index >= 15 is 0 Å². The normalized spacial score (nSPS) is 20.7. The van der Waals surface area contributed by atoms with Crippen LogP contribution in [0.4, 0.5) is 0 Å². The van der Waals surface area contributed by atoms with Crippen LogP contribution in [0.1, 0.15) is 28.9 Å². The fourth-order valence-electron chi connectivity index (χ4n) is 4.69. The average Bonchev–Trinajstić information content (AvgIpc) is 3.54. The van der Waals surface area contributed by atoms with Crippen molar-refractivity contribution < 1.29 is 19.4 Å². The van der Waals surface area contributed by atoms with E-state index in [1.165, 1.54) is 0 Å². The highest BCUT2D eigenvalue weighted by atomic mass is 16.5. The predicted octanol–water partition coefficient (Wildman–Crippen LogP) is 2.01. The van der Waals surface area contributed by atoms with Gasteiger partial charge in [0.1, 0.15) is 12.4 Å². The van der Waals surface area contributed by atoms with Crippen molar-refractivity contribution in [1.82, 2.24) is 19.2 Å². The van der Waals surface area contributed by atoms with Gasteiger partial charge in [-0.05, 0) is 43.2 Å². The molecule has 5 rings (SSSR count). The van der Waals surface area contributed by atoms with Crippen LogP contribution in [-0.2, 0) is 11.2 Å². The zero-order chi connectivity index (χ0) is 22.8. The maximum Gasteiger partial charge on any atom is 0.254 e. The maximum absolute atomic E-state index is 13.1. The van der Waals surface area contributed by atoms with Crippen molar-refractivity contribution in [3.8, 4) is 5.75 Å². The molecule has 4 heterocycles. The lowest BCUT2D eigenvalue weighted by molar-refractivity contribution is -0.128. The summed E-state index contributed by atoms with van der Waals surface area (Å²) in [6, 6.07) is 11.1. The van der Waals surface area contributed by atoms with Gasteiger partial charge in [-0.2, -0.15) is 0 Å². The number of aromatic nitrogens is 2. The Morgan fingerprint density at radius 1 is 1.21 bits per heavy atom. The molecule has 1 aromatic carbocycles. The number of aliphatic hydroxyl groups is 1. The van der Waals surface area contributed by atoms with E-state index < -0.39 is 6.10 Å². The summed E-state index contributed by atoms with van der Waals surface area (Å²) in [6.45, 7) is 2.52. The van der Waals surface area contributed by atoms with Crippen molar-refractivity contribution in [2.24, 2.45) is 5.92 Å². The molecular weight excluding hydrogens is 420 g/mol. The van der Waals surface area contributed by atoms with E-state index in [9.17, 15) is 14.7 Å². The summed E-state index contributed by atoms with van der Waals surface area (Å²) in [5.41, 5.74) is 2.45. The molecule has 3 aromatic rings. The van der Waals surface area contributed by atoms with Crippen LogP contribution in [0.5, 0.6) is 5.75 Å². The predicted molar refractivity (Wildman–Crippen MR) is 122 cm³/mol. The molecule has 0 aliphatic carbocycles. The van der Waals surface area contributed by atoms with Gasteiger partial charge < -0.3 is 24.0 Å². The van der Waals surface area contributed by atoms with Gasteiger partial charge in [-0.1, -0.05) is 6.07 Å². The molecule has 1 N–H and O–H groups in total. The summed E-state index contributed by atoms with van der Waals surface area (Å²) in [7, 11) is 0. The second-order valence-corrected chi connectivity index (χ2v) is 8.82. The Morgan fingerprint density at radius 3 is 2.97 bits per heavy atom. The summed E-state index contributed by atoms with van der Waals surface area (Å²) >= 11 is 0. The molecule has 2 saturated heterocycles. The third-order valence-electron chi connectivity index (χ3n) is 6.51. The summed E-state index contributed by atoms with van der Waals surface area (Å²) in [6.07, 6.45) is 7.31. The van der Waals surface area contributed by atoms with E-state index in [1.807, 2.05) is 46.1 Å². The number of carbonyl (C=O) groups is 2.